The molecule has 11 fully saturated rings. The highest BCUT2D eigenvalue weighted by Crippen LogP contribution is 2.65. The Morgan fingerprint density at radius 1 is 0.521 bits per heavy atom. The smallest absolute Gasteiger partial charge is 0.269 e. The van der Waals surface area contributed by atoms with Gasteiger partial charge in [-0.3, -0.25) is 0 Å². The molecule has 18 unspecified atom stereocenters. The molecule has 0 aromatic heterocycles. The molecule has 18 atom stereocenters. The highest BCUT2D eigenvalue weighted by Gasteiger charge is 2.72. The minimum atomic E-state index is 0.198. The molecule has 48 heavy (non-hydrogen) atoms. The fraction of sp³-hybridized carbons (Fsp3) is 0.857. The van der Waals surface area contributed by atoms with Crippen molar-refractivity contribution in [1.82, 2.24) is 14.8 Å². The van der Waals surface area contributed by atoms with Crippen molar-refractivity contribution in [3.05, 3.63) is 24.3 Å². The summed E-state index contributed by atoms with van der Waals surface area (Å²) >= 11 is 0. The number of fused-ring (bicyclic) bond motifs is 15. The molecule has 6 aliphatic heterocycles. The average molecular weight is 648 g/mol. The third-order valence-corrected chi connectivity index (χ3v) is 18.4. The second-order valence-electron chi connectivity index (χ2n) is 19.6. The average Bonchev–Trinajstić information content (AvgIpc) is 3.66. The first-order chi connectivity index (χ1) is 23.8. The molecule has 0 spiro atoms. The fourth-order valence-electron chi connectivity index (χ4n) is 17.5. The normalized spacial score (nSPS) is 55.9. The number of hydrogen-bond donors (Lipinski definition) is 0. The van der Waals surface area contributed by atoms with E-state index in [4.69, 9.17) is 9.47 Å². The van der Waals surface area contributed by atoms with Gasteiger partial charge in [-0.2, -0.15) is 0 Å². The van der Waals surface area contributed by atoms with Crippen molar-refractivity contribution in [3.63, 3.8) is 0 Å². The highest BCUT2D eigenvalue weighted by atomic mass is 16.6. The quantitative estimate of drug-likeness (QED) is 0.286. The van der Waals surface area contributed by atoms with Crippen LogP contribution in [0.1, 0.15) is 116 Å². The molecule has 5 saturated heterocycles. The molecule has 0 radical (unpaired) electrons. The summed E-state index contributed by atoms with van der Waals surface area (Å²) in [7, 11) is 0. The Bertz CT molecular complexity index is 1470. The van der Waals surface area contributed by atoms with Crippen LogP contribution in [-0.4, -0.2) is 76.2 Å². The Kier molecular flexibility index (Phi) is 6.11. The maximum absolute atomic E-state index is 7.71. The fourth-order valence-corrected chi connectivity index (χ4v) is 17.5. The van der Waals surface area contributed by atoms with Crippen molar-refractivity contribution in [1.29, 1.82) is 0 Å². The van der Waals surface area contributed by atoms with E-state index in [1.54, 1.807) is 0 Å². The van der Waals surface area contributed by atoms with Crippen molar-refractivity contribution in [2.24, 2.45) is 47.3 Å². The summed E-state index contributed by atoms with van der Waals surface area (Å²) in [5.41, 5.74) is 1.54. The van der Waals surface area contributed by atoms with E-state index in [1.807, 2.05) is 0 Å². The van der Waals surface area contributed by atoms with Gasteiger partial charge in [0.25, 0.3) is 6.85 Å². The lowest BCUT2D eigenvalue weighted by Gasteiger charge is -2.69. The molecule has 256 valence electrons. The zero-order valence-corrected chi connectivity index (χ0v) is 29.2. The number of hydrazine groups is 1. The molecular weight excluding hydrogens is 589 g/mol. The maximum Gasteiger partial charge on any atom is 0.269 e. The molecule has 1 aromatic rings. The maximum atomic E-state index is 7.71. The summed E-state index contributed by atoms with van der Waals surface area (Å²) in [4.78, 5) is 3.24. The van der Waals surface area contributed by atoms with E-state index in [2.05, 4.69) is 39.1 Å². The first-order valence-electron chi connectivity index (χ1n) is 21.6. The number of para-hydroxylation sites is 1. The van der Waals surface area contributed by atoms with E-state index >= 15 is 0 Å². The molecule has 1 aromatic carbocycles. The molecule has 0 bridgehead atoms. The van der Waals surface area contributed by atoms with Crippen LogP contribution in [0.15, 0.2) is 24.3 Å². The second kappa shape index (κ2) is 10.3. The van der Waals surface area contributed by atoms with Gasteiger partial charge in [0.1, 0.15) is 18.0 Å². The Balaban J connectivity index is 0.972. The molecule has 6 heteroatoms. The summed E-state index contributed by atoms with van der Waals surface area (Å²) in [6.07, 6.45) is 27.0. The zero-order chi connectivity index (χ0) is 30.8. The van der Waals surface area contributed by atoms with Crippen molar-refractivity contribution >= 4 is 12.3 Å². The summed E-state index contributed by atoms with van der Waals surface area (Å²) in [5.74, 6) is 8.98. The van der Waals surface area contributed by atoms with Crippen LogP contribution in [0, 0.1) is 47.3 Å². The van der Waals surface area contributed by atoms with E-state index in [0.717, 1.165) is 71.5 Å². The van der Waals surface area contributed by atoms with Crippen LogP contribution in [0.4, 0.5) is 0 Å². The van der Waals surface area contributed by atoms with E-state index in [-0.39, 0.29) is 12.2 Å². The number of ether oxygens (including phenoxy) is 2. The van der Waals surface area contributed by atoms with Gasteiger partial charge in [0.2, 0.25) is 0 Å². The van der Waals surface area contributed by atoms with E-state index in [1.165, 1.54) is 127 Å². The number of nitrogens with zero attached hydrogens (tertiary/aromatic N) is 3. The van der Waals surface area contributed by atoms with Crippen molar-refractivity contribution in [2.45, 2.75) is 176 Å². The lowest BCUT2D eigenvalue weighted by atomic mass is 9.33. The van der Waals surface area contributed by atoms with E-state index in [0.29, 0.717) is 30.9 Å². The Hall–Kier alpha value is -1.08. The molecule has 5 nitrogen and oxygen atoms in total. The molecule has 6 saturated carbocycles. The summed E-state index contributed by atoms with van der Waals surface area (Å²) in [6, 6.07) is 13.8. The Labute approximate surface area is 289 Å². The second-order valence-corrected chi connectivity index (χ2v) is 19.6. The molecule has 0 N–H and O–H groups in total. The summed E-state index contributed by atoms with van der Waals surface area (Å²) in [6.45, 7) is 0.532. The van der Waals surface area contributed by atoms with Gasteiger partial charge in [0, 0.05) is 30.0 Å². The van der Waals surface area contributed by atoms with Crippen LogP contribution in [0.5, 0.6) is 5.75 Å². The van der Waals surface area contributed by atoms with Gasteiger partial charge >= 0.3 is 0 Å². The molecule has 12 aliphatic rings. The third-order valence-electron chi connectivity index (χ3n) is 18.4. The summed E-state index contributed by atoms with van der Waals surface area (Å²) in [5, 5.41) is 6.46. The van der Waals surface area contributed by atoms with E-state index < -0.39 is 0 Å². The number of hydrogen-bond acceptors (Lipinski definition) is 5. The number of benzene rings is 1. The van der Waals surface area contributed by atoms with Crippen molar-refractivity contribution < 1.29 is 9.47 Å². The zero-order valence-electron chi connectivity index (χ0n) is 29.2. The Morgan fingerprint density at radius 2 is 1.12 bits per heavy atom. The largest absolute Gasteiger partial charge is 0.489 e. The first kappa shape index (κ1) is 28.5. The van der Waals surface area contributed by atoms with Gasteiger partial charge in [-0.1, -0.05) is 63.1 Å². The van der Waals surface area contributed by atoms with Gasteiger partial charge in [-0.25, -0.2) is 10.0 Å². The lowest BCUT2D eigenvalue weighted by molar-refractivity contribution is -0.317. The standard InChI is InChI=1S/C42H58BN3O2/c1-4-18-32-23(10-1)25-12-7-15-29-30-22-34-41(42-37(30)43(44(32)38(25)29)31-17-3-6-20-35(31)47-42)48-36-21-9-16-28-27-14-8-13-26-24-11-2-5-19-33(24)45(39(26)27)46(34)40(28)36/h3,6,17,20,23-30,32-34,36-42H,1-2,4-5,7-16,18-19,21-22H2. The first-order valence-corrected chi connectivity index (χ1v) is 21.6. The van der Waals surface area contributed by atoms with Crippen LogP contribution < -0.4 is 10.2 Å². The number of rotatable bonds is 0. The predicted octanol–water partition coefficient (Wildman–Crippen LogP) is 6.90. The minimum absolute atomic E-state index is 0.198. The molecule has 6 heterocycles. The van der Waals surface area contributed by atoms with Crippen molar-refractivity contribution in [3.8, 4) is 5.75 Å². The van der Waals surface area contributed by atoms with Crippen LogP contribution >= 0.6 is 0 Å². The monoisotopic (exact) mass is 647 g/mol. The van der Waals surface area contributed by atoms with Gasteiger partial charge in [-0.05, 0) is 130 Å². The van der Waals surface area contributed by atoms with Crippen LogP contribution in [-0.2, 0) is 4.74 Å². The minimum Gasteiger partial charge on any atom is -0.489 e. The molecular formula is C42H58BN3O2. The highest BCUT2D eigenvalue weighted by molar-refractivity contribution is 6.74. The number of morpholine rings is 1. The summed E-state index contributed by atoms with van der Waals surface area (Å²) < 4.78 is 15.2. The SMILES string of the molecule is c1ccc2c(c1)OC1C3OC4CCCC5C6CCCC7C8CCCCC8N(C76)N(C3CC3C6CCCC7C8CCCCC8N(B2C31)C67)C45. The third kappa shape index (κ3) is 3.48. The van der Waals surface area contributed by atoms with Crippen molar-refractivity contribution in [2.75, 3.05) is 0 Å². The van der Waals surface area contributed by atoms with Gasteiger partial charge in [0.05, 0.1) is 18.2 Å². The van der Waals surface area contributed by atoms with E-state index in [9.17, 15) is 0 Å². The predicted molar refractivity (Wildman–Crippen MR) is 188 cm³/mol. The van der Waals surface area contributed by atoms with Crippen LogP contribution in [0.25, 0.3) is 0 Å². The van der Waals surface area contributed by atoms with Crippen LogP contribution in [0.3, 0.4) is 0 Å². The topological polar surface area (TPSA) is 28.2 Å². The molecule has 6 aliphatic carbocycles. The molecule has 0 amide bonds. The Morgan fingerprint density at radius 3 is 1.96 bits per heavy atom. The van der Waals surface area contributed by atoms with Gasteiger partial charge in [-0.15, -0.1) is 0 Å². The van der Waals surface area contributed by atoms with Crippen LogP contribution in [0.2, 0.25) is 5.82 Å². The lowest BCUT2D eigenvalue weighted by Crippen LogP contribution is -2.81. The molecule has 13 rings (SSSR count). The van der Waals surface area contributed by atoms with Gasteiger partial charge < -0.3 is 14.3 Å². The van der Waals surface area contributed by atoms with Gasteiger partial charge in [0.15, 0.2) is 0 Å².